The number of hydrogen-bond acceptors (Lipinski definition) is 3. The number of fused-ring (bicyclic) bond motifs is 3. The van der Waals surface area contributed by atoms with E-state index in [2.05, 4.69) is 31.9 Å². The van der Waals surface area contributed by atoms with Crippen molar-refractivity contribution >= 4 is 53.8 Å². The Morgan fingerprint density at radius 3 is 1.58 bits per heavy atom. The molecule has 0 unspecified atom stereocenters. The fourth-order valence-corrected chi connectivity index (χ4v) is 3.52. The Bertz CT molecular complexity index is 713. The first-order valence-corrected chi connectivity index (χ1v) is 7.17. The second-order valence-corrected chi connectivity index (χ2v) is 5.60. The summed E-state index contributed by atoms with van der Waals surface area (Å²) in [5.74, 6) is 1.54. The highest BCUT2D eigenvalue weighted by atomic mass is 79.9. The molecule has 1 heterocycles. The van der Waals surface area contributed by atoms with Crippen LogP contribution in [0.5, 0.6) is 11.5 Å². The molecule has 19 heavy (non-hydrogen) atoms. The molecule has 0 atom stereocenters. The van der Waals surface area contributed by atoms with E-state index in [0.717, 1.165) is 42.4 Å². The lowest BCUT2D eigenvalue weighted by Gasteiger charge is -2.05. The predicted octanol–water partition coefficient (Wildman–Crippen LogP) is 5.13. The van der Waals surface area contributed by atoms with Gasteiger partial charge in [0.25, 0.3) is 0 Å². The number of furan rings is 1. The Kier molecular flexibility index (Phi) is 3.19. The van der Waals surface area contributed by atoms with Crippen LogP contribution in [0.25, 0.3) is 21.9 Å². The Morgan fingerprint density at radius 1 is 0.789 bits per heavy atom. The number of ether oxygens (including phenoxy) is 2. The lowest BCUT2D eigenvalue weighted by molar-refractivity contribution is 0.412. The van der Waals surface area contributed by atoms with Gasteiger partial charge in [0.15, 0.2) is 0 Å². The molecule has 3 aromatic rings. The second-order valence-electron chi connectivity index (χ2n) is 4.01. The monoisotopic (exact) mass is 384 g/mol. The minimum Gasteiger partial charge on any atom is -0.496 e. The van der Waals surface area contributed by atoms with Crippen LogP contribution < -0.4 is 9.47 Å². The Morgan fingerprint density at radius 2 is 1.21 bits per heavy atom. The molecule has 98 valence electrons. The van der Waals surface area contributed by atoms with Crippen molar-refractivity contribution in [3.8, 4) is 11.5 Å². The van der Waals surface area contributed by atoms with Crippen LogP contribution in [0, 0.1) is 0 Å². The molecule has 0 fully saturated rings. The average Bonchev–Trinajstić information content (AvgIpc) is 2.80. The van der Waals surface area contributed by atoms with Crippen molar-refractivity contribution in [1.29, 1.82) is 0 Å². The first-order chi connectivity index (χ1) is 9.17. The molecule has 0 aliphatic carbocycles. The number of hydrogen-bond donors (Lipinski definition) is 0. The van der Waals surface area contributed by atoms with Gasteiger partial charge in [0.2, 0.25) is 0 Å². The maximum absolute atomic E-state index is 5.84. The molecule has 0 radical (unpaired) electrons. The highest BCUT2D eigenvalue weighted by Gasteiger charge is 2.17. The lowest BCUT2D eigenvalue weighted by atomic mass is 10.1. The molecule has 2 aromatic carbocycles. The maximum Gasteiger partial charge on any atom is 0.136 e. The van der Waals surface area contributed by atoms with E-state index in [1.807, 2.05) is 24.3 Å². The van der Waals surface area contributed by atoms with Crippen molar-refractivity contribution < 1.29 is 13.9 Å². The van der Waals surface area contributed by atoms with Crippen LogP contribution in [0.3, 0.4) is 0 Å². The standard InChI is InChI=1S/C14H10Br2O3/c1-17-9-5-3-7-11(13(9)15)12-8(19-7)4-6-10(18-2)14(12)16/h3-6H,1-2H3. The van der Waals surface area contributed by atoms with Gasteiger partial charge in [-0.25, -0.2) is 0 Å². The smallest absolute Gasteiger partial charge is 0.136 e. The molecule has 0 saturated heterocycles. The van der Waals surface area contributed by atoms with Gasteiger partial charge in [0.1, 0.15) is 22.7 Å². The molecular formula is C14H10Br2O3. The van der Waals surface area contributed by atoms with E-state index in [0.29, 0.717) is 0 Å². The summed E-state index contributed by atoms with van der Waals surface area (Å²) in [6.45, 7) is 0. The fourth-order valence-electron chi connectivity index (χ4n) is 2.15. The maximum atomic E-state index is 5.84. The van der Waals surface area contributed by atoms with Crippen LogP contribution in [0.2, 0.25) is 0 Å². The summed E-state index contributed by atoms with van der Waals surface area (Å²) in [5.41, 5.74) is 1.60. The van der Waals surface area contributed by atoms with E-state index in [1.165, 1.54) is 0 Å². The first kappa shape index (κ1) is 12.8. The van der Waals surface area contributed by atoms with E-state index in [9.17, 15) is 0 Å². The molecule has 0 spiro atoms. The minimum atomic E-state index is 0.768. The van der Waals surface area contributed by atoms with E-state index in [1.54, 1.807) is 14.2 Å². The quantitative estimate of drug-likeness (QED) is 0.612. The molecule has 3 rings (SSSR count). The van der Waals surface area contributed by atoms with Gasteiger partial charge in [-0.3, -0.25) is 0 Å². The van der Waals surface area contributed by atoms with Gasteiger partial charge in [0.05, 0.1) is 23.2 Å². The van der Waals surface area contributed by atoms with Gasteiger partial charge in [-0.15, -0.1) is 0 Å². The van der Waals surface area contributed by atoms with Gasteiger partial charge in [-0.2, -0.15) is 0 Å². The third-order valence-electron chi connectivity index (χ3n) is 3.05. The van der Waals surface area contributed by atoms with E-state index >= 15 is 0 Å². The Hall–Kier alpha value is -1.20. The van der Waals surface area contributed by atoms with Crippen LogP contribution in [0.15, 0.2) is 37.6 Å². The summed E-state index contributed by atoms with van der Waals surface area (Å²) in [5, 5.41) is 1.94. The van der Waals surface area contributed by atoms with Gasteiger partial charge in [-0.05, 0) is 56.1 Å². The lowest BCUT2D eigenvalue weighted by Crippen LogP contribution is -1.86. The topological polar surface area (TPSA) is 31.6 Å². The number of rotatable bonds is 2. The molecule has 0 amide bonds. The number of methoxy groups -OCH3 is 2. The number of halogens is 2. The first-order valence-electron chi connectivity index (χ1n) is 5.58. The molecule has 0 N–H and O–H groups in total. The minimum absolute atomic E-state index is 0.768. The van der Waals surface area contributed by atoms with Gasteiger partial charge < -0.3 is 13.9 Å². The highest BCUT2D eigenvalue weighted by Crippen LogP contribution is 2.44. The van der Waals surface area contributed by atoms with Gasteiger partial charge in [-0.1, -0.05) is 0 Å². The normalized spacial score (nSPS) is 11.2. The number of benzene rings is 2. The van der Waals surface area contributed by atoms with Crippen LogP contribution in [-0.2, 0) is 0 Å². The second kappa shape index (κ2) is 4.72. The van der Waals surface area contributed by atoms with Crippen LogP contribution in [-0.4, -0.2) is 14.2 Å². The molecule has 0 bridgehead atoms. The zero-order valence-electron chi connectivity index (χ0n) is 10.3. The van der Waals surface area contributed by atoms with Crippen LogP contribution in [0.4, 0.5) is 0 Å². The summed E-state index contributed by atoms with van der Waals surface area (Å²) >= 11 is 7.15. The average molecular weight is 386 g/mol. The van der Waals surface area contributed by atoms with Crippen molar-refractivity contribution in [3.05, 3.63) is 33.2 Å². The molecule has 0 saturated carbocycles. The van der Waals surface area contributed by atoms with Crippen molar-refractivity contribution in [2.75, 3.05) is 14.2 Å². The molecule has 5 heteroatoms. The zero-order chi connectivity index (χ0) is 13.6. The summed E-state index contributed by atoms with van der Waals surface area (Å²) in [6, 6.07) is 7.55. The predicted molar refractivity (Wildman–Crippen MR) is 82.2 cm³/mol. The largest absolute Gasteiger partial charge is 0.496 e. The third-order valence-corrected chi connectivity index (χ3v) is 4.62. The molecule has 3 nitrogen and oxygen atoms in total. The van der Waals surface area contributed by atoms with E-state index in [-0.39, 0.29) is 0 Å². The van der Waals surface area contributed by atoms with Crippen molar-refractivity contribution in [2.24, 2.45) is 0 Å². The summed E-state index contributed by atoms with van der Waals surface area (Å²) in [6.07, 6.45) is 0. The Labute approximate surface area is 126 Å². The SMILES string of the molecule is COc1ccc2oc3ccc(OC)c(Br)c3c2c1Br. The van der Waals surface area contributed by atoms with E-state index in [4.69, 9.17) is 13.9 Å². The highest BCUT2D eigenvalue weighted by molar-refractivity contribution is 9.11. The zero-order valence-corrected chi connectivity index (χ0v) is 13.5. The fraction of sp³-hybridized carbons (Fsp3) is 0.143. The summed E-state index contributed by atoms with van der Waals surface area (Å²) in [7, 11) is 3.29. The molecule has 0 aliphatic rings. The van der Waals surface area contributed by atoms with Gasteiger partial charge in [0, 0.05) is 10.8 Å². The van der Waals surface area contributed by atoms with Crippen molar-refractivity contribution in [3.63, 3.8) is 0 Å². The van der Waals surface area contributed by atoms with Crippen molar-refractivity contribution in [1.82, 2.24) is 0 Å². The van der Waals surface area contributed by atoms with Crippen LogP contribution >= 0.6 is 31.9 Å². The third kappa shape index (κ3) is 1.83. The summed E-state index contributed by atoms with van der Waals surface area (Å²) < 4.78 is 18.3. The van der Waals surface area contributed by atoms with Gasteiger partial charge >= 0.3 is 0 Å². The van der Waals surface area contributed by atoms with Crippen molar-refractivity contribution in [2.45, 2.75) is 0 Å². The Balaban J connectivity index is 2.52. The molecular weight excluding hydrogens is 376 g/mol. The van der Waals surface area contributed by atoms with Crippen LogP contribution in [0.1, 0.15) is 0 Å². The summed E-state index contributed by atoms with van der Waals surface area (Å²) in [4.78, 5) is 0. The molecule has 0 aliphatic heterocycles. The van der Waals surface area contributed by atoms with E-state index < -0.39 is 0 Å². The molecule has 1 aromatic heterocycles.